The summed E-state index contributed by atoms with van der Waals surface area (Å²) >= 11 is 0. The van der Waals surface area contributed by atoms with Gasteiger partial charge in [-0.3, -0.25) is 4.98 Å². The maximum Gasteiger partial charge on any atom is 0.160 e. The molecule has 57 heavy (non-hydrogen) atoms. The molecule has 0 radical (unpaired) electrons. The van der Waals surface area contributed by atoms with E-state index >= 15 is 0 Å². The van der Waals surface area contributed by atoms with Crippen LogP contribution in [0.15, 0.2) is 194 Å². The normalized spacial score (nSPS) is 12.7. The Balaban J connectivity index is 1.16. The lowest BCUT2D eigenvalue weighted by molar-refractivity contribution is 0.793. The largest absolute Gasteiger partial charge is 0.265 e. The van der Waals surface area contributed by atoms with Gasteiger partial charge in [-0.15, -0.1) is 0 Å². The van der Waals surface area contributed by atoms with E-state index in [1.54, 1.807) is 0 Å². The third-order valence-corrected chi connectivity index (χ3v) is 11.6. The second-order valence-corrected chi connectivity index (χ2v) is 14.7. The van der Waals surface area contributed by atoms with E-state index in [1.165, 1.54) is 33.4 Å². The summed E-state index contributed by atoms with van der Waals surface area (Å²) < 4.78 is 0. The number of nitriles is 1. The SMILES string of the molecule is N#Cc1ccc2c(c1)C1(c3ccccc3-c3ccccc31)c1cc(-c3cc(-c4ccncc4)cc(-c4cc(-c5ccccc5)nc(-c5ccccc5)n4)c3)ccc1-2. The van der Waals surface area contributed by atoms with Crippen molar-refractivity contribution in [1.29, 1.82) is 5.26 Å². The Hall–Kier alpha value is -7.74. The molecule has 0 bridgehead atoms. The topological polar surface area (TPSA) is 62.5 Å². The first-order valence-electron chi connectivity index (χ1n) is 19.1. The first-order chi connectivity index (χ1) is 28.2. The third-order valence-electron chi connectivity index (χ3n) is 11.6. The minimum Gasteiger partial charge on any atom is -0.265 e. The molecule has 0 fully saturated rings. The second kappa shape index (κ2) is 12.9. The molecule has 4 nitrogen and oxygen atoms in total. The van der Waals surface area contributed by atoms with Crippen molar-refractivity contribution >= 4 is 0 Å². The molecule has 0 atom stereocenters. The number of benzene rings is 7. The van der Waals surface area contributed by atoms with Crippen molar-refractivity contribution in [2.75, 3.05) is 0 Å². The van der Waals surface area contributed by atoms with Gasteiger partial charge in [-0.2, -0.15) is 5.26 Å². The van der Waals surface area contributed by atoms with Crippen molar-refractivity contribution in [2.24, 2.45) is 0 Å². The zero-order valence-electron chi connectivity index (χ0n) is 30.8. The van der Waals surface area contributed by atoms with Crippen LogP contribution in [0.3, 0.4) is 0 Å². The van der Waals surface area contributed by atoms with Crippen LogP contribution in [-0.4, -0.2) is 15.0 Å². The number of nitrogens with zero attached hydrogens (tertiary/aromatic N) is 4. The molecule has 9 aromatic rings. The van der Waals surface area contributed by atoms with Gasteiger partial charge in [0.05, 0.1) is 28.4 Å². The summed E-state index contributed by atoms with van der Waals surface area (Å²) in [4.78, 5) is 14.6. The fourth-order valence-electron chi connectivity index (χ4n) is 9.11. The highest BCUT2D eigenvalue weighted by atomic mass is 14.9. The number of fused-ring (bicyclic) bond motifs is 10. The molecule has 4 heteroatoms. The van der Waals surface area contributed by atoms with Crippen LogP contribution >= 0.6 is 0 Å². The van der Waals surface area contributed by atoms with Crippen molar-refractivity contribution in [2.45, 2.75) is 5.41 Å². The Morgan fingerprint density at radius 3 is 1.56 bits per heavy atom. The van der Waals surface area contributed by atoms with Crippen molar-refractivity contribution in [3.8, 4) is 84.5 Å². The number of aromatic nitrogens is 3. The van der Waals surface area contributed by atoms with Crippen LogP contribution in [0, 0.1) is 11.3 Å². The van der Waals surface area contributed by atoms with Gasteiger partial charge in [0.2, 0.25) is 0 Å². The van der Waals surface area contributed by atoms with Gasteiger partial charge in [-0.25, -0.2) is 9.97 Å². The van der Waals surface area contributed by atoms with Gasteiger partial charge in [0.1, 0.15) is 0 Å². The van der Waals surface area contributed by atoms with E-state index in [2.05, 4.69) is 151 Å². The summed E-state index contributed by atoms with van der Waals surface area (Å²) in [5.41, 5.74) is 18.8. The van der Waals surface area contributed by atoms with E-state index in [1.807, 2.05) is 54.9 Å². The lowest BCUT2D eigenvalue weighted by atomic mass is 9.70. The van der Waals surface area contributed by atoms with Crippen molar-refractivity contribution in [1.82, 2.24) is 15.0 Å². The number of pyridine rings is 1. The average molecular weight is 725 g/mol. The Morgan fingerprint density at radius 2 is 0.895 bits per heavy atom. The molecular formula is C53H32N4. The van der Waals surface area contributed by atoms with Crippen LogP contribution in [-0.2, 0) is 5.41 Å². The van der Waals surface area contributed by atoms with Gasteiger partial charge in [0.15, 0.2) is 5.82 Å². The smallest absolute Gasteiger partial charge is 0.160 e. The van der Waals surface area contributed by atoms with Crippen molar-refractivity contribution < 1.29 is 0 Å². The molecule has 2 heterocycles. The summed E-state index contributed by atoms with van der Waals surface area (Å²) in [7, 11) is 0. The molecule has 11 rings (SSSR count). The van der Waals surface area contributed by atoms with Gasteiger partial charge < -0.3 is 0 Å². The molecule has 0 N–H and O–H groups in total. The molecule has 2 aromatic heterocycles. The number of hydrogen-bond donors (Lipinski definition) is 0. The molecular weight excluding hydrogens is 693 g/mol. The summed E-state index contributed by atoms with van der Waals surface area (Å²) in [5.74, 6) is 0.676. The van der Waals surface area contributed by atoms with E-state index in [4.69, 9.17) is 9.97 Å². The lowest BCUT2D eigenvalue weighted by Gasteiger charge is -2.30. The molecule has 1 spiro atoms. The van der Waals surface area contributed by atoms with Crippen LogP contribution in [0.25, 0.3) is 78.4 Å². The standard InChI is InChI=1S/C53H32N4/c54-33-34-19-21-44-45-22-20-38(31-49(45)53(48(44)27-34)46-17-9-7-15-42(46)43-16-8-10-18-47(43)53)40-28-39(35-23-25-55-26-24-35)29-41(30-40)51-32-50(36-11-3-1-4-12-36)56-52(57-51)37-13-5-2-6-14-37/h1-32H. The van der Waals surface area contributed by atoms with Crippen LogP contribution < -0.4 is 0 Å². The van der Waals surface area contributed by atoms with Gasteiger partial charge in [0, 0.05) is 29.1 Å². The lowest BCUT2D eigenvalue weighted by Crippen LogP contribution is -2.26. The van der Waals surface area contributed by atoms with Crippen LogP contribution in [0.1, 0.15) is 27.8 Å². The second-order valence-electron chi connectivity index (χ2n) is 14.7. The molecule has 2 aliphatic rings. The zero-order chi connectivity index (χ0) is 37.9. The van der Waals surface area contributed by atoms with Crippen molar-refractivity contribution in [3.63, 3.8) is 0 Å². The van der Waals surface area contributed by atoms with Crippen LogP contribution in [0.2, 0.25) is 0 Å². The first kappa shape index (κ1) is 32.7. The van der Waals surface area contributed by atoms with Gasteiger partial charge >= 0.3 is 0 Å². The van der Waals surface area contributed by atoms with E-state index in [0.29, 0.717) is 11.4 Å². The summed E-state index contributed by atoms with van der Waals surface area (Å²) in [6.07, 6.45) is 3.68. The Bertz CT molecular complexity index is 2970. The number of rotatable bonds is 5. The number of hydrogen-bond acceptors (Lipinski definition) is 4. The molecule has 2 aliphatic carbocycles. The summed E-state index contributed by atoms with van der Waals surface area (Å²) in [6.45, 7) is 0. The fraction of sp³-hybridized carbons (Fsp3) is 0.0189. The maximum absolute atomic E-state index is 10.1. The minimum absolute atomic E-state index is 0.575. The Labute approximate surface area is 331 Å². The predicted molar refractivity (Wildman–Crippen MR) is 228 cm³/mol. The van der Waals surface area contributed by atoms with E-state index in [-0.39, 0.29) is 0 Å². The van der Waals surface area contributed by atoms with Crippen molar-refractivity contribution in [3.05, 3.63) is 222 Å². The quantitative estimate of drug-likeness (QED) is 0.177. The molecule has 0 unspecified atom stereocenters. The first-order valence-corrected chi connectivity index (χ1v) is 19.1. The maximum atomic E-state index is 10.1. The predicted octanol–water partition coefficient (Wildman–Crippen LogP) is 12.4. The molecule has 0 saturated carbocycles. The van der Waals surface area contributed by atoms with Crippen LogP contribution in [0.4, 0.5) is 0 Å². The highest BCUT2D eigenvalue weighted by Crippen LogP contribution is 2.63. The average Bonchev–Trinajstić information content (AvgIpc) is 3.76. The highest BCUT2D eigenvalue weighted by Gasteiger charge is 2.51. The molecule has 0 amide bonds. The molecule has 0 aliphatic heterocycles. The molecule has 264 valence electrons. The zero-order valence-corrected chi connectivity index (χ0v) is 30.8. The van der Waals surface area contributed by atoms with Gasteiger partial charge in [0.25, 0.3) is 0 Å². The van der Waals surface area contributed by atoms with E-state index in [0.717, 1.165) is 61.5 Å². The Morgan fingerprint density at radius 1 is 0.368 bits per heavy atom. The fourth-order valence-corrected chi connectivity index (χ4v) is 9.11. The summed E-state index contributed by atoms with van der Waals surface area (Å²) in [5, 5.41) is 10.1. The van der Waals surface area contributed by atoms with Gasteiger partial charge in [-0.05, 0) is 121 Å². The highest BCUT2D eigenvalue weighted by molar-refractivity contribution is 5.96. The summed E-state index contributed by atoms with van der Waals surface area (Å²) in [6, 6.07) is 66.5. The monoisotopic (exact) mass is 724 g/mol. The molecule has 0 saturated heterocycles. The minimum atomic E-state index is -0.575. The van der Waals surface area contributed by atoms with Crippen LogP contribution in [0.5, 0.6) is 0 Å². The van der Waals surface area contributed by atoms with Gasteiger partial charge in [-0.1, -0.05) is 127 Å². The van der Waals surface area contributed by atoms with E-state index in [9.17, 15) is 5.26 Å². The Kier molecular flexibility index (Phi) is 7.42. The third kappa shape index (κ3) is 5.10. The molecule has 7 aromatic carbocycles. The van der Waals surface area contributed by atoms with E-state index < -0.39 is 5.41 Å².